The van der Waals surface area contributed by atoms with Gasteiger partial charge in [0.25, 0.3) is 0 Å². The number of likely N-dealkylation sites (N-methyl/N-ethyl adjacent to an activating group) is 2. The number of rotatable bonds is 7. The van der Waals surface area contributed by atoms with Crippen LogP contribution in [0, 0.1) is 17.8 Å². The first kappa shape index (κ1) is 48.1. The summed E-state index contributed by atoms with van der Waals surface area (Å²) in [5.41, 5.74) is -4.37. The zero-order valence-corrected chi connectivity index (χ0v) is 34.2. The van der Waals surface area contributed by atoms with Crippen molar-refractivity contribution in [3.05, 3.63) is 0 Å². The fourth-order valence-electron chi connectivity index (χ4n) is 8.74. The molecule has 0 radical (unpaired) electrons. The quantitative estimate of drug-likeness (QED) is 0.239. The number of carbonyl (C=O) groups is 1. The molecule has 0 saturated carbocycles. The standard InChI is InChI=1S/C38H72N2O12.CH4/c1-15-27-38(10,46)31(42)24(6)40(13)19-20(2)17-36(8,45)33(52-35-29(41)26(39(11)12)16-21(3)48-35)22(4)30(23(5)34(44)50-27)51-28-18-37(9,47-14)32(43)25(7)49-28;/h20-33,35,41-43,45-46H,15-19H2,1-14H3;1H4/t20-,21?,22+,23-,24-,25?,26?,27-,28?,29?,30+,31-,32?,33-,35?,36-,37?,38-;/m1./s1. The molecule has 14 heteroatoms. The Morgan fingerprint density at radius 2 is 1.55 bits per heavy atom. The molecule has 0 aromatic rings. The van der Waals surface area contributed by atoms with Gasteiger partial charge in [0.1, 0.15) is 30.0 Å². The SMILES string of the molecule is C.CC[C@H]1OC(=O)[C@H](C)[C@@H](OC2CC(C)(OC)C(O)C(C)O2)[C@H](C)[C@@H](OC2OC(C)CC(N(C)C)C2O)[C@](C)(O)C[C@@H](C)CN(C)[C@H](C)[C@@H](O)[C@]1(C)O. The van der Waals surface area contributed by atoms with E-state index in [1.54, 1.807) is 41.5 Å². The van der Waals surface area contributed by atoms with Crippen LogP contribution in [0.1, 0.15) is 102 Å². The summed E-state index contributed by atoms with van der Waals surface area (Å²) in [6.45, 7) is 18.0. The van der Waals surface area contributed by atoms with E-state index in [4.69, 9.17) is 28.4 Å². The average molecular weight is 765 g/mol. The van der Waals surface area contributed by atoms with E-state index < -0.39 is 96.0 Å². The van der Waals surface area contributed by atoms with Crippen molar-refractivity contribution in [3.63, 3.8) is 0 Å². The molecule has 5 N–H and O–H groups in total. The minimum Gasteiger partial charge on any atom is -0.459 e. The van der Waals surface area contributed by atoms with Crippen molar-refractivity contribution in [3.8, 4) is 0 Å². The van der Waals surface area contributed by atoms with Gasteiger partial charge in [-0.2, -0.15) is 0 Å². The van der Waals surface area contributed by atoms with Crippen molar-refractivity contribution in [2.45, 2.75) is 193 Å². The van der Waals surface area contributed by atoms with Crippen molar-refractivity contribution < 1.29 is 58.7 Å². The molecule has 53 heavy (non-hydrogen) atoms. The zero-order valence-electron chi connectivity index (χ0n) is 34.2. The maximum absolute atomic E-state index is 14.2. The van der Waals surface area contributed by atoms with Gasteiger partial charge < -0.3 is 63.8 Å². The Balaban J connectivity index is 0.00000972. The Kier molecular flexibility index (Phi) is 17.2. The van der Waals surface area contributed by atoms with Gasteiger partial charge in [-0.1, -0.05) is 28.2 Å². The van der Waals surface area contributed by atoms with E-state index in [2.05, 4.69) is 0 Å². The van der Waals surface area contributed by atoms with Crippen molar-refractivity contribution in [2.75, 3.05) is 34.8 Å². The van der Waals surface area contributed by atoms with Crippen molar-refractivity contribution in [2.24, 2.45) is 17.8 Å². The molecular weight excluding hydrogens is 688 g/mol. The summed E-state index contributed by atoms with van der Waals surface area (Å²) in [6, 6.07) is -0.808. The lowest BCUT2D eigenvalue weighted by atomic mass is 9.77. The monoisotopic (exact) mass is 765 g/mol. The first-order valence-corrected chi connectivity index (χ1v) is 19.1. The Morgan fingerprint density at radius 1 is 0.943 bits per heavy atom. The van der Waals surface area contributed by atoms with E-state index in [0.717, 1.165) is 0 Å². The van der Waals surface area contributed by atoms with Gasteiger partial charge in [-0.3, -0.25) is 4.79 Å². The van der Waals surface area contributed by atoms with E-state index in [1.165, 1.54) is 14.0 Å². The van der Waals surface area contributed by atoms with E-state index in [0.29, 0.717) is 13.0 Å². The molecule has 14 nitrogen and oxygen atoms in total. The number of nitrogens with zero attached hydrogens (tertiary/aromatic N) is 2. The fraction of sp³-hybridized carbons (Fsp3) is 0.974. The van der Waals surface area contributed by atoms with Gasteiger partial charge in [0.15, 0.2) is 12.6 Å². The molecule has 8 unspecified atom stereocenters. The molecule has 0 aromatic heterocycles. The van der Waals surface area contributed by atoms with Crippen molar-refractivity contribution in [1.29, 1.82) is 0 Å². The van der Waals surface area contributed by atoms with E-state index in [9.17, 15) is 30.3 Å². The van der Waals surface area contributed by atoms with Gasteiger partial charge in [-0.05, 0) is 94.8 Å². The number of ether oxygens (including phenoxy) is 6. The van der Waals surface area contributed by atoms with Crippen LogP contribution in [0.25, 0.3) is 0 Å². The second-order valence-corrected chi connectivity index (χ2v) is 17.2. The van der Waals surface area contributed by atoms with Crippen LogP contribution in [-0.2, 0) is 33.2 Å². The molecule has 0 aromatic carbocycles. The van der Waals surface area contributed by atoms with Gasteiger partial charge in [-0.25, -0.2) is 0 Å². The normalized spacial score (nSPS) is 48.7. The number of aliphatic hydroxyl groups excluding tert-OH is 3. The highest BCUT2D eigenvalue weighted by Gasteiger charge is 2.52. The summed E-state index contributed by atoms with van der Waals surface area (Å²) in [5, 5.41) is 58.1. The summed E-state index contributed by atoms with van der Waals surface area (Å²) < 4.78 is 37.5. The lowest BCUT2D eigenvalue weighted by Crippen LogP contribution is -2.60. The van der Waals surface area contributed by atoms with Crippen molar-refractivity contribution in [1.82, 2.24) is 9.80 Å². The van der Waals surface area contributed by atoms with Gasteiger partial charge in [0, 0.05) is 38.1 Å². The molecule has 314 valence electrons. The highest BCUT2D eigenvalue weighted by atomic mass is 16.7. The maximum atomic E-state index is 14.2. The van der Waals surface area contributed by atoms with E-state index in [-0.39, 0.29) is 44.8 Å². The predicted octanol–water partition coefficient (Wildman–Crippen LogP) is 2.54. The number of hydrogen-bond donors (Lipinski definition) is 5. The average Bonchev–Trinajstić information content (AvgIpc) is 3.05. The molecule has 0 bridgehead atoms. The van der Waals surface area contributed by atoms with Gasteiger partial charge in [0.05, 0.1) is 41.5 Å². The van der Waals surface area contributed by atoms with Crippen LogP contribution in [0.4, 0.5) is 0 Å². The van der Waals surface area contributed by atoms with Gasteiger partial charge in [0.2, 0.25) is 0 Å². The smallest absolute Gasteiger partial charge is 0.311 e. The molecule has 3 rings (SSSR count). The Labute approximate surface area is 319 Å². The largest absolute Gasteiger partial charge is 0.459 e. The summed E-state index contributed by atoms with van der Waals surface area (Å²) >= 11 is 0. The van der Waals surface area contributed by atoms with Gasteiger partial charge in [-0.15, -0.1) is 0 Å². The second-order valence-electron chi connectivity index (χ2n) is 17.2. The molecule has 3 heterocycles. The fourth-order valence-corrected chi connectivity index (χ4v) is 8.74. The molecule has 3 aliphatic heterocycles. The third-order valence-corrected chi connectivity index (χ3v) is 12.2. The van der Waals surface area contributed by atoms with Crippen LogP contribution in [-0.4, -0.2) is 166 Å². The maximum Gasteiger partial charge on any atom is 0.311 e. The molecule has 3 aliphatic rings. The van der Waals surface area contributed by atoms with E-state index >= 15 is 0 Å². The van der Waals surface area contributed by atoms with Crippen LogP contribution in [0.15, 0.2) is 0 Å². The van der Waals surface area contributed by atoms with Crippen LogP contribution in [0.3, 0.4) is 0 Å². The van der Waals surface area contributed by atoms with Crippen molar-refractivity contribution >= 4 is 5.97 Å². The first-order chi connectivity index (χ1) is 23.9. The summed E-state index contributed by atoms with van der Waals surface area (Å²) in [7, 11) is 7.12. The summed E-state index contributed by atoms with van der Waals surface area (Å²) in [5.74, 6) is -2.58. The lowest BCUT2D eigenvalue weighted by Gasteiger charge is -2.48. The molecule has 18 atom stereocenters. The molecule has 0 amide bonds. The van der Waals surface area contributed by atoms with Crippen LogP contribution >= 0.6 is 0 Å². The topological polar surface area (TPSA) is 180 Å². The zero-order chi connectivity index (χ0) is 39.7. The minimum absolute atomic E-state index is 0. The lowest BCUT2D eigenvalue weighted by molar-refractivity contribution is -0.318. The first-order valence-electron chi connectivity index (χ1n) is 19.1. The van der Waals surface area contributed by atoms with Gasteiger partial charge >= 0.3 is 5.97 Å². The molecule has 3 fully saturated rings. The number of carbonyl (C=O) groups excluding carboxylic acids is 1. The second kappa shape index (κ2) is 19.0. The molecule has 3 saturated heterocycles. The predicted molar refractivity (Wildman–Crippen MR) is 201 cm³/mol. The van der Waals surface area contributed by atoms with Crippen LogP contribution < -0.4 is 0 Å². The Hall–Kier alpha value is -1.01. The highest BCUT2D eigenvalue weighted by Crippen LogP contribution is 2.40. The van der Waals surface area contributed by atoms with Crippen LogP contribution in [0.5, 0.6) is 0 Å². The third-order valence-electron chi connectivity index (χ3n) is 12.2. The summed E-state index contributed by atoms with van der Waals surface area (Å²) in [4.78, 5) is 18.0. The van der Waals surface area contributed by atoms with E-state index in [1.807, 2.05) is 51.7 Å². The Bertz CT molecular complexity index is 1140. The summed E-state index contributed by atoms with van der Waals surface area (Å²) in [6.07, 6.45) is -8.19. The number of methoxy groups -OCH3 is 1. The Morgan fingerprint density at radius 3 is 2.09 bits per heavy atom. The third kappa shape index (κ3) is 10.9. The molecule has 0 spiro atoms. The number of esters is 1. The number of aliphatic hydroxyl groups is 5. The number of hydrogen-bond acceptors (Lipinski definition) is 14. The highest BCUT2D eigenvalue weighted by molar-refractivity contribution is 5.73. The molecular formula is C39H76N2O12. The number of cyclic esters (lactones) is 1. The minimum atomic E-state index is -1.80. The van der Waals surface area contributed by atoms with Crippen LogP contribution in [0.2, 0.25) is 0 Å². The molecule has 0 aliphatic carbocycles.